The first-order valence-electron chi connectivity index (χ1n) is 4.53. The Hall–Kier alpha value is -2.17. The van der Waals surface area contributed by atoms with E-state index in [-0.39, 0.29) is 6.79 Å². The fourth-order valence-electron chi connectivity index (χ4n) is 1.59. The third kappa shape index (κ3) is 1.20. The predicted molar refractivity (Wildman–Crippen MR) is 54.1 cm³/mol. The van der Waals surface area contributed by atoms with Crippen LogP contribution in [0.2, 0.25) is 0 Å². The number of rotatable bonds is 1. The summed E-state index contributed by atoms with van der Waals surface area (Å²) in [7, 11) is 0. The number of hydrogen-bond acceptors (Lipinski definition) is 4. The first-order chi connectivity index (χ1) is 7.34. The van der Waals surface area contributed by atoms with E-state index in [1.807, 2.05) is 22.8 Å². The summed E-state index contributed by atoms with van der Waals surface area (Å²) in [5.41, 5.74) is 6.44. The van der Waals surface area contributed by atoms with Crippen LogP contribution in [0.1, 0.15) is 0 Å². The highest BCUT2D eigenvalue weighted by Crippen LogP contribution is 2.37. The molecule has 5 nitrogen and oxygen atoms in total. The van der Waals surface area contributed by atoms with E-state index in [0.29, 0.717) is 5.82 Å². The van der Waals surface area contributed by atoms with Gasteiger partial charge in [0.05, 0.1) is 11.9 Å². The SMILES string of the molecule is Nc1cn(-c2cccc3c2OCO3)cn1. The Morgan fingerprint density at radius 3 is 3.07 bits per heavy atom. The van der Waals surface area contributed by atoms with Gasteiger partial charge in [-0.2, -0.15) is 0 Å². The van der Waals surface area contributed by atoms with Gasteiger partial charge in [-0.25, -0.2) is 4.98 Å². The fourth-order valence-corrected chi connectivity index (χ4v) is 1.59. The molecule has 0 bridgehead atoms. The first kappa shape index (κ1) is 8.16. The summed E-state index contributed by atoms with van der Waals surface area (Å²) in [5.74, 6) is 1.96. The van der Waals surface area contributed by atoms with Crippen molar-refractivity contribution in [1.29, 1.82) is 0 Å². The lowest BCUT2D eigenvalue weighted by atomic mass is 10.2. The van der Waals surface area contributed by atoms with Gasteiger partial charge in [-0.1, -0.05) is 6.07 Å². The average molecular weight is 203 g/mol. The van der Waals surface area contributed by atoms with Crippen molar-refractivity contribution < 1.29 is 9.47 Å². The van der Waals surface area contributed by atoms with Gasteiger partial charge in [0, 0.05) is 0 Å². The van der Waals surface area contributed by atoms with E-state index in [1.165, 1.54) is 0 Å². The second-order valence-corrected chi connectivity index (χ2v) is 3.22. The van der Waals surface area contributed by atoms with Crippen LogP contribution < -0.4 is 15.2 Å². The number of imidazole rings is 1. The lowest BCUT2D eigenvalue weighted by molar-refractivity contribution is 0.174. The van der Waals surface area contributed by atoms with E-state index in [2.05, 4.69) is 4.98 Å². The molecule has 15 heavy (non-hydrogen) atoms. The van der Waals surface area contributed by atoms with Crippen molar-refractivity contribution in [2.45, 2.75) is 0 Å². The Bertz CT molecular complexity index is 507. The molecule has 0 saturated carbocycles. The molecule has 2 N–H and O–H groups in total. The van der Waals surface area contributed by atoms with Gasteiger partial charge >= 0.3 is 0 Å². The molecule has 0 aliphatic carbocycles. The normalized spacial score (nSPS) is 13.1. The highest BCUT2D eigenvalue weighted by Gasteiger charge is 2.18. The molecule has 0 amide bonds. The number of nitrogen functional groups attached to an aromatic ring is 1. The zero-order valence-electron chi connectivity index (χ0n) is 7.88. The number of nitrogens with zero attached hydrogens (tertiary/aromatic N) is 2. The first-order valence-corrected chi connectivity index (χ1v) is 4.53. The van der Waals surface area contributed by atoms with Crippen molar-refractivity contribution in [2.75, 3.05) is 12.5 Å². The summed E-state index contributed by atoms with van der Waals surface area (Å²) >= 11 is 0. The van der Waals surface area contributed by atoms with Crippen LogP contribution in [0, 0.1) is 0 Å². The van der Waals surface area contributed by atoms with Crippen molar-refractivity contribution in [1.82, 2.24) is 9.55 Å². The molecule has 0 unspecified atom stereocenters. The number of nitrogens with two attached hydrogens (primary N) is 1. The van der Waals surface area contributed by atoms with Crippen LogP contribution >= 0.6 is 0 Å². The monoisotopic (exact) mass is 203 g/mol. The number of aromatic nitrogens is 2. The smallest absolute Gasteiger partial charge is 0.231 e. The topological polar surface area (TPSA) is 62.3 Å². The minimum Gasteiger partial charge on any atom is -0.454 e. The van der Waals surface area contributed by atoms with Crippen molar-refractivity contribution in [3.8, 4) is 17.2 Å². The molecular formula is C10H9N3O2. The van der Waals surface area contributed by atoms with Gasteiger partial charge in [0.2, 0.25) is 6.79 Å². The predicted octanol–water partition coefficient (Wildman–Crippen LogP) is 1.18. The van der Waals surface area contributed by atoms with Crippen LogP contribution in [-0.4, -0.2) is 16.3 Å². The number of hydrogen-bond donors (Lipinski definition) is 1. The summed E-state index contributed by atoms with van der Waals surface area (Å²) in [4.78, 5) is 3.96. The Balaban J connectivity index is 2.16. The molecule has 5 heteroatoms. The van der Waals surface area contributed by atoms with E-state index < -0.39 is 0 Å². The maximum atomic E-state index is 5.56. The summed E-state index contributed by atoms with van der Waals surface area (Å²) in [5, 5.41) is 0. The Kier molecular flexibility index (Phi) is 1.58. The largest absolute Gasteiger partial charge is 0.454 e. The third-order valence-electron chi connectivity index (χ3n) is 2.26. The molecule has 3 rings (SSSR count). The second kappa shape index (κ2) is 2.91. The minimum atomic E-state index is 0.260. The van der Waals surface area contributed by atoms with E-state index in [1.54, 1.807) is 12.5 Å². The van der Waals surface area contributed by atoms with E-state index in [0.717, 1.165) is 17.2 Å². The van der Waals surface area contributed by atoms with Crippen LogP contribution in [0.25, 0.3) is 5.69 Å². The molecule has 0 spiro atoms. The molecular weight excluding hydrogens is 194 g/mol. The highest BCUT2D eigenvalue weighted by atomic mass is 16.7. The van der Waals surface area contributed by atoms with Crippen LogP contribution in [0.5, 0.6) is 11.5 Å². The minimum absolute atomic E-state index is 0.260. The van der Waals surface area contributed by atoms with Crippen molar-refractivity contribution in [3.63, 3.8) is 0 Å². The van der Waals surface area contributed by atoms with Crippen LogP contribution in [-0.2, 0) is 0 Å². The third-order valence-corrected chi connectivity index (χ3v) is 2.26. The molecule has 1 aliphatic heterocycles. The van der Waals surface area contributed by atoms with Crippen molar-refractivity contribution >= 4 is 5.82 Å². The van der Waals surface area contributed by atoms with Crippen molar-refractivity contribution in [2.24, 2.45) is 0 Å². The highest BCUT2D eigenvalue weighted by molar-refractivity contribution is 5.57. The van der Waals surface area contributed by atoms with Gasteiger partial charge in [0.15, 0.2) is 11.5 Å². The number of para-hydroxylation sites is 1. The molecule has 1 aromatic carbocycles. The summed E-state index contributed by atoms with van der Waals surface area (Å²) in [6.45, 7) is 0.260. The number of anilines is 1. The van der Waals surface area contributed by atoms with Crippen LogP contribution in [0.3, 0.4) is 0 Å². The lowest BCUT2D eigenvalue weighted by Crippen LogP contribution is -1.96. The molecule has 76 valence electrons. The van der Waals surface area contributed by atoms with E-state index in [4.69, 9.17) is 15.2 Å². The molecule has 1 aliphatic rings. The molecule has 0 radical (unpaired) electrons. The summed E-state index contributed by atoms with van der Waals surface area (Å²) in [6.07, 6.45) is 3.38. The van der Waals surface area contributed by atoms with Gasteiger partial charge in [-0.15, -0.1) is 0 Å². The van der Waals surface area contributed by atoms with E-state index in [9.17, 15) is 0 Å². The zero-order valence-corrected chi connectivity index (χ0v) is 7.88. The van der Waals surface area contributed by atoms with Gasteiger partial charge < -0.3 is 19.8 Å². The summed E-state index contributed by atoms with van der Waals surface area (Å²) in [6, 6.07) is 5.69. The molecule has 0 saturated heterocycles. The maximum absolute atomic E-state index is 5.56. The fraction of sp³-hybridized carbons (Fsp3) is 0.100. The number of fused-ring (bicyclic) bond motifs is 1. The molecule has 0 atom stereocenters. The number of benzene rings is 1. The maximum Gasteiger partial charge on any atom is 0.231 e. The van der Waals surface area contributed by atoms with E-state index >= 15 is 0 Å². The Morgan fingerprint density at radius 2 is 2.27 bits per heavy atom. The Labute approximate surface area is 86.1 Å². The second-order valence-electron chi connectivity index (χ2n) is 3.22. The Morgan fingerprint density at radius 1 is 1.33 bits per heavy atom. The standard InChI is InChI=1S/C10H9N3O2/c11-9-4-13(5-12-9)7-2-1-3-8-10(7)15-6-14-8/h1-5H,6,11H2. The lowest BCUT2D eigenvalue weighted by Gasteiger charge is -2.05. The zero-order chi connectivity index (χ0) is 10.3. The quantitative estimate of drug-likeness (QED) is 0.756. The van der Waals surface area contributed by atoms with Gasteiger partial charge in [0.25, 0.3) is 0 Å². The molecule has 2 aromatic rings. The van der Waals surface area contributed by atoms with Crippen LogP contribution in [0.15, 0.2) is 30.7 Å². The summed E-state index contributed by atoms with van der Waals surface area (Å²) < 4.78 is 12.5. The van der Waals surface area contributed by atoms with Gasteiger partial charge in [-0.05, 0) is 12.1 Å². The average Bonchev–Trinajstić information content (AvgIpc) is 2.84. The van der Waals surface area contributed by atoms with Crippen LogP contribution in [0.4, 0.5) is 5.82 Å². The molecule has 1 aromatic heterocycles. The number of ether oxygens (including phenoxy) is 2. The van der Waals surface area contributed by atoms with Gasteiger partial charge in [-0.3, -0.25) is 0 Å². The molecule has 2 heterocycles. The van der Waals surface area contributed by atoms with Crippen molar-refractivity contribution in [3.05, 3.63) is 30.7 Å². The molecule has 0 fully saturated rings. The van der Waals surface area contributed by atoms with Gasteiger partial charge in [0.1, 0.15) is 12.1 Å².